The lowest BCUT2D eigenvalue weighted by molar-refractivity contribution is -0.385. The normalized spacial score (nSPS) is 15.1. The predicted molar refractivity (Wildman–Crippen MR) is 131 cm³/mol. The average Bonchev–Trinajstić information content (AvgIpc) is 3.36. The van der Waals surface area contributed by atoms with Crippen molar-refractivity contribution in [2.45, 2.75) is 19.9 Å². The molecule has 0 N–H and O–H groups in total. The van der Waals surface area contributed by atoms with Crippen LogP contribution in [0.5, 0.6) is 28.9 Å². The van der Waals surface area contributed by atoms with E-state index < -0.39 is 4.92 Å². The zero-order chi connectivity index (χ0) is 24.9. The van der Waals surface area contributed by atoms with Gasteiger partial charge < -0.3 is 23.8 Å². The summed E-state index contributed by atoms with van der Waals surface area (Å²) < 4.78 is 22.2. The summed E-state index contributed by atoms with van der Waals surface area (Å²) in [5.41, 5.74) is 0.885. The summed E-state index contributed by atoms with van der Waals surface area (Å²) in [5.74, 6) is 2.84. The van der Waals surface area contributed by atoms with Gasteiger partial charge in [-0.3, -0.25) is 15.0 Å². The van der Waals surface area contributed by atoms with Crippen LogP contribution in [0.2, 0.25) is 0 Å². The van der Waals surface area contributed by atoms with Crippen molar-refractivity contribution in [3.05, 3.63) is 64.5 Å². The molecule has 2 aliphatic rings. The maximum Gasteiger partial charge on any atom is 0.373 e. The fraction of sp³-hybridized carbons (Fsp3) is 0.360. The van der Waals surface area contributed by atoms with Crippen molar-refractivity contribution in [3.8, 4) is 28.9 Å². The van der Waals surface area contributed by atoms with Crippen LogP contribution in [0.4, 0.5) is 11.5 Å². The highest BCUT2D eigenvalue weighted by Crippen LogP contribution is 2.37. The first-order valence-corrected chi connectivity index (χ1v) is 11.9. The molecule has 1 fully saturated rings. The van der Waals surface area contributed by atoms with E-state index in [2.05, 4.69) is 14.9 Å². The SMILES string of the molecule is CCCOc1ccc(Oc2ncnc(N3CCN(Cc4ccc5c(c4)OCO5)CC3)c2[N+](=O)[O-])cc1. The number of piperazine rings is 1. The third-order valence-electron chi connectivity index (χ3n) is 5.98. The molecule has 2 aliphatic heterocycles. The number of aromatic nitrogens is 2. The average molecular weight is 494 g/mol. The highest BCUT2D eigenvalue weighted by Gasteiger charge is 2.31. The van der Waals surface area contributed by atoms with Crippen molar-refractivity contribution in [1.29, 1.82) is 0 Å². The summed E-state index contributed by atoms with van der Waals surface area (Å²) in [6, 6.07) is 12.9. The summed E-state index contributed by atoms with van der Waals surface area (Å²) in [5, 5.41) is 12.0. The minimum atomic E-state index is -0.484. The first-order chi connectivity index (χ1) is 17.6. The van der Waals surface area contributed by atoms with Gasteiger partial charge in [0.1, 0.15) is 17.8 Å². The number of hydrogen-bond acceptors (Lipinski definition) is 10. The number of nitro groups is 1. The summed E-state index contributed by atoms with van der Waals surface area (Å²) in [7, 11) is 0. The molecule has 0 amide bonds. The fourth-order valence-corrected chi connectivity index (χ4v) is 4.17. The molecule has 0 aliphatic carbocycles. The summed E-state index contributed by atoms with van der Waals surface area (Å²) in [6.45, 7) is 6.28. The second-order valence-corrected chi connectivity index (χ2v) is 8.48. The van der Waals surface area contributed by atoms with Gasteiger partial charge in [-0.15, -0.1) is 0 Å². The molecule has 188 valence electrons. The number of rotatable bonds is 9. The van der Waals surface area contributed by atoms with E-state index in [1.54, 1.807) is 24.3 Å². The summed E-state index contributed by atoms with van der Waals surface area (Å²) >= 11 is 0. The monoisotopic (exact) mass is 493 g/mol. The quantitative estimate of drug-likeness (QED) is 0.320. The second kappa shape index (κ2) is 10.6. The minimum Gasteiger partial charge on any atom is -0.494 e. The van der Waals surface area contributed by atoms with Crippen molar-refractivity contribution < 1.29 is 23.9 Å². The minimum absolute atomic E-state index is 0.0879. The maximum atomic E-state index is 12.0. The van der Waals surface area contributed by atoms with Crippen molar-refractivity contribution in [2.75, 3.05) is 44.5 Å². The zero-order valence-electron chi connectivity index (χ0n) is 20.0. The molecule has 0 saturated carbocycles. The zero-order valence-corrected chi connectivity index (χ0v) is 20.0. The Bertz CT molecular complexity index is 1210. The van der Waals surface area contributed by atoms with Gasteiger partial charge in [0.05, 0.1) is 11.5 Å². The smallest absolute Gasteiger partial charge is 0.373 e. The van der Waals surface area contributed by atoms with E-state index in [0.717, 1.165) is 43.1 Å². The molecular formula is C25H27N5O6. The number of benzene rings is 2. The van der Waals surface area contributed by atoms with Crippen molar-refractivity contribution in [1.82, 2.24) is 14.9 Å². The van der Waals surface area contributed by atoms with Crippen LogP contribution in [0.25, 0.3) is 0 Å². The van der Waals surface area contributed by atoms with E-state index >= 15 is 0 Å². The van der Waals surface area contributed by atoms with E-state index in [1.165, 1.54) is 6.33 Å². The van der Waals surface area contributed by atoms with Gasteiger partial charge in [0, 0.05) is 32.7 Å². The topological polar surface area (TPSA) is 112 Å². The van der Waals surface area contributed by atoms with Crippen LogP contribution in [-0.2, 0) is 6.54 Å². The first-order valence-electron chi connectivity index (χ1n) is 11.9. The summed E-state index contributed by atoms with van der Waals surface area (Å²) in [4.78, 5) is 24.0. The molecule has 11 nitrogen and oxygen atoms in total. The Kier molecular flexibility index (Phi) is 6.99. The molecule has 1 saturated heterocycles. The van der Waals surface area contributed by atoms with Crippen LogP contribution in [0.1, 0.15) is 18.9 Å². The number of hydrogen-bond donors (Lipinski definition) is 0. The number of ether oxygens (including phenoxy) is 4. The van der Waals surface area contributed by atoms with Crippen LogP contribution >= 0.6 is 0 Å². The van der Waals surface area contributed by atoms with Crippen molar-refractivity contribution in [3.63, 3.8) is 0 Å². The van der Waals surface area contributed by atoms with Gasteiger partial charge in [0.15, 0.2) is 11.5 Å². The van der Waals surface area contributed by atoms with Gasteiger partial charge >= 0.3 is 11.6 Å². The largest absolute Gasteiger partial charge is 0.494 e. The van der Waals surface area contributed by atoms with Crippen molar-refractivity contribution in [2.24, 2.45) is 0 Å². The maximum absolute atomic E-state index is 12.0. The Morgan fingerprint density at radius 3 is 2.50 bits per heavy atom. The molecule has 0 radical (unpaired) electrons. The van der Waals surface area contributed by atoms with Crippen LogP contribution in [0.3, 0.4) is 0 Å². The van der Waals surface area contributed by atoms with Crippen LogP contribution in [0.15, 0.2) is 48.8 Å². The second-order valence-electron chi connectivity index (χ2n) is 8.48. The Balaban J connectivity index is 1.25. The number of fused-ring (bicyclic) bond motifs is 1. The van der Waals surface area contributed by atoms with Crippen LogP contribution in [0, 0.1) is 10.1 Å². The van der Waals surface area contributed by atoms with Gasteiger partial charge in [0.25, 0.3) is 0 Å². The molecule has 0 unspecified atom stereocenters. The van der Waals surface area contributed by atoms with Gasteiger partial charge in [-0.2, -0.15) is 4.98 Å². The Labute approximate surface area is 208 Å². The molecule has 2 aromatic carbocycles. The fourth-order valence-electron chi connectivity index (χ4n) is 4.17. The van der Waals surface area contributed by atoms with E-state index in [0.29, 0.717) is 31.2 Å². The van der Waals surface area contributed by atoms with Gasteiger partial charge in [-0.1, -0.05) is 13.0 Å². The molecule has 3 aromatic rings. The molecule has 1 aromatic heterocycles. The highest BCUT2D eigenvalue weighted by atomic mass is 16.7. The Morgan fingerprint density at radius 2 is 1.75 bits per heavy atom. The molecule has 0 bridgehead atoms. The van der Waals surface area contributed by atoms with Crippen LogP contribution in [-0.4, -0.2) is 59.4 Å². The number of nitrogens with zero attached hydrogens (tertiary/aromatic N) is 5. The van der Waals surface area contributed by atoms with Gasteiger partial charge in [-0.25, -0.2) is 4.98 Å². The highest BCUT2D eigenvalue weighted by molar-refractivity contribution is 5.63. The third kappa shape index (κ3) is 5.25. The van der Waals surface area contributed by atoms with Crippen molar-refractivity contribution >= 4 is 11.5 Å². The van der Waals surface area contributed by atoms with E-state index in [-0.39, 0.29) is 24.2 Å². The number of anilines is 1. The molecule has 3 heterocycles. The lowest BCUT2D eigenvalue weighted by Crippen LogP contribution is -2.46. The van der Waals surface area contributed by atoms with Gasteiger partial charge in [0.2, 0.25) is 12.6 Å². The van der Waals surface area contributed by atoms with Gasteiger partial charge in [-0.05, 0) is 48.4 Å². The molecule has 0 spiro atoms. The standard InChI is InChI=1S/C25H27N5O6/c1-2-13-33-19-4-6-20(7-5-19)36-25-23(30(31)32)24(26-16-27-25)29-11-9-28(10-12-29)15-18-3-8-21-22(14-18)35-17-34-21/h3-8,14,16H,2,9-13,15,17H2,1H3. The van der Waals surface area contributed by atoms with E-state index in [9.17, 15) is 10.1 Å². The Hall–Kier alpha value is -4.12. The lowest BCUT2D eigenvalue weighted by atomic mass is 10.1. The molecule has 11 heteroatoms. The molecule has 5 rings (SSSR count). The molecule has 0 atom stereocenters. The molecular weight excluding hydrogens is 466 g/mol. The molecule has 36 heavy (non-hydrogen) atoms. The van der Waals surface area contributed by atoms with Crippen LogP contribution < -0.4 is 23.8 Å². The predicted octanol–water partition coefficient (Wildman–Crippen LogP) is 4.02. The lowest BCUT2D eigenvalue weighted by Gasteiger charge is -2.35. The first kappa shape index (κ1) is 23.6. The summed E-state index contributed by atoms with van der Waals surface area (Å²) in [6.07, 6.45) is 2.20. The van der Waals surface area contributed by atoms with E-state index in [1.807, 2.05) is 30.0 Å². The Morgan fingerprint density at radius 1 is 1.00 bits per heavy atom. The van der Waals surface area contributed by atoms with E-state index in [4.69, 9.17) is 18.9 Å². The third-order valence-corrected chi connectivity index (χ3v) is 5.98.